The minimum atomic E-state index is -0.426. The largest absolute Gasteiger partial charge is 0.508 e. The predicted octanol–water partition coefficient (Wildman–Crippen LogP) is 4.11. The molecular weight excluding hydrogens is 394 g/mol. The average Bonchev–Trinajstić information content (AvgIpc) is 3.05. The Hall–Kier alpha value is -2.24. The molecule has 4 aliphatic rings. The van der Waals surface area contributed by atoms with E-state index in [1.807, 2.05) is 0 Å². The van der Waals surface area contributed by atoms with Crippen molar-refractivity contribution in [3.8, 4) is 11.5 Å². The van der Waals surface area contributed by atoms with Crippen LogP contribution >= 0.6 is 0 Å². The zero-order chi connectivity index (χ0) is 22.3. The van der Waals surface area contributed by atoms with E-state index in [-0.39, 0.29) is 40.5 Å². The molecule has 2 N–H and O–H groups in total. The first-order valence-corrected chi connectivity index (χ1v) is 11.5. The number of phenolic OH excluding ortho intramolecular Hbond substituents is 1. The molecule has 2 aliphatic heterocycles. The first-order valence-electron chi connectivity index (χ1n) is 11.5. The maximum absolute atomic E-state index is 12.3. The van der Waals surface area contributed by atoms with Gasteiger partial charge in [-0.15, -0.1) is 0 Å². The summed E-state index contributed by atoms with van der Waals surface area (Å²) in [5, 5.41) is 13.7. The number of rotatable bonds is 1. The number of benzene rings is 1. The van der Waals surface area contributed by atoms with Crippen molar-refractivity contribution in [3.05, 3.63) is 22.8 Å². The van der Waals surface area contributed by atoms with Gasteiger partial charge in [-0.25, -0.2) is 0 Å². The number of nitrogens with one attached hydrogen (secondary N) is 1. The summed E-state index contributed by atoms with van der Waals surface area (Å²) in [4.78, 5) is 24.1. The fraction of sp³-hybridized carbons (Fsp3) is 0.680. The number of hydrogen-bond donors (Lipinski definition) is 2. The third-order valence-corrected chi connectivity index (χ3v) is 9.28. The smallest absolute Gasteiger partial charge is 0.302 e. The molecule has 2 unspecified atom stereocenters. The van der Waals surface area contributed by atoms with Gasteiger partial charge in [0.15, 0.2) is 0 Å². The van der Waals surface area contributed by atoms with E-state index in [1.165, 1.54) is 6.92 Å². The lowest BCUT2D eigenvalue weighted by atomic mass is 9.43. The zero-order valence-electron chi connectivity index (χ0n) is 19.1. The maximum atomic E-state index is 12.3. The van der Waals surface area contributed by atoms with Gasteiger partial charge in [-0.1, -0.05) is 27.7 Å². The topological polar surface area (TPSA) is 84.9 Å². The quantitative estimate of drug-likeness (QED) is 0.659. The molecule has 1 amide bonds. The van der Waals surface area contributed by atoms with Crippen molar-refractivity contribution >= 4 is 11.9 Å². The van der Waals surface area contributed by atoms with E-state index in [0.717, 1.165) is 43.2 Å². The Morgan fingerprint density at radius 3 is 2.68 bits per heavy atom. The Balaban J connectivity index is 1.67. The van der Waals surface area contributed by atoms with Crippen LogP contribution in [0.4, 0.5) is 0 Å². The van der Waals surface area contributed by atoms with Crippen molar-refractivity contribution in [3.63, 3.8) is 0 Å². The number of carbonyl (C=O) groups excluding carboxylic acids is 2. The van der Waals surface area contributed by atoms with Crippen LogP contribution in [0.5, 0.6) is 11.5 Å². The molecule has 0 aromatic heterocycles. The van der Waals surface area contributed by atoms with Crippen LogP contribution in [0.25, 0.3) is 0 Å². The van der Waals surface area contributed by atoms with Crippen LogP contribution in [-0.2, 0) is 22.5 Å². The van der Waals surface area contributed by atoms with E-state index in [1.54, 1.807) is 6.07 Å². The Kier molecular flexibility index (Phi) is 4.26. The summed E-state index contributed by atoms with van der Waals surface area (Å²) in [6, 6.07) is 1.60. The minimum absolute atomic E-state index is 0.138. The van der Waals surface area contributed by atoms with Gasteiger partial charge in [-0.05, 0) is 44.1 Å². The molecule has 2 fully saturated rings. The molecule has 1 aromatic carbocycles. The number of carbonyl (C=O) groups is 2. The second-order valence-corrected chi connectivity index (χ2v) is 11.0. The molecule has 1 aromatic rings. The van der Waals surface area contributed by atoms with Crippen LogP contribution in [0.1, 0.15) is 81.8 Å². The summed E-state index contributed by atoms with van der Waals surface area (Å²) < 4.78 is 12.8. The Morgan fingerprint density at radius 1 is 1.23 bits per heavy atom. The molecule has 2 saturated carbocycles. The van der Waals surface area contributed by atoms with Crippen LogP contribution in [-0.4, -0.2) is 28.7 Å². The van der Waals surface area contributed by atoms with Crippen molar-refractivity contribution in [2.75, 3.05) is 0 Å². The van der Waals surface area contributed by atoms with Crippen molar-refractivity contribution in [2.24, 2.45) is 22.7 Å². The van der Waals surface area contributed by atoms with E-state index in [0.29, 0.717) is 23.8 Å². The van der Waals surface area contributed by atoms with Gasteiger partial charge in [-0.2, -0.15) is 0 Å². The third-order valence-electron chi connectivity index (χ3n) is 9.28. The van der Waals surface area contributed by atoms with E-state index in [2.05, 4.69) is 33.0 Å². The first kappa shape index (κ1) is 20.7. The molecule has 168 valence electrons. The van der Waals surface area contributed by atoms with Crippen LogP contribution in [0, 0.1) is 22.7 Å². The monoisotopic (exact) mass is 427 g/mol. The maximum Gasteiger partial charge on any atom is 0.302 e. The second-order valence-electron chi connectivity index (χ2n) is 11.0. The summed E-state index contributed by atoms with van der Waals surface area (Å²) in [5.41, 5.74) is 1.39. The van der Waals surface area contributed by atoms with Crippen molar-refractivity contribution in [1.82, 2.24) is 5.32 Å². The number of phenols is 1. The molecule has 2 heterocycles. The van der Waals surface area contributed by atoms with Crippen molar-refractivity contribution in [1.29, 1.82) is 0 Å². The lowest BCUT2D eigenvalue weighted by Gasteiger charge is -2.67. The van der Waals surface area contributed by atoms with Gasteiger partial charge in [0.25, 0.3) is 5.91 Å². The number of amides is 1. The molecule has 6 heteroatoms. The molecule has 0 saturated heterocycles. The number of esters is 1. The van der Waals surface area contributed by atoms with Crippen LogP contribution in [0.15, 0.2) is 6.07 Å². The molecule has 6 nitrogen and oxygen atoms in total. The molecular formula is C25H33NO5. The van der Waals surface area contributed by atoms with Gasteiger partial charge in [0.1, 0.15) is 23.2 Å². The van der Waals surface area contributed by atoms with Crippen LogP contribution in [0.2, 0.25) is 0 Å². The molecule has 31 heavy (non-hydrogen) atoms. The average molecular weight is 428 g/mol. The van der Waals surface area contributed by atoms with E-state index < -0.39 is 5.60 Å². The van der Waals surface area contributed by atoms with Gasteiger partial charge in [0.2, 0.25) is 0 Å². The third kappa shape index (κ3) is 2.56. The predicted molar refractivity (Wildman–Crippen MR) is 115 cm³/mol. The number of fused-ring (bicyclic) bond motifs is 3. The minimum Gasteiger partial charge on any atom is -0.508 e. The van der Waals surface area contributed by atoms with Crippen LogP contribution < -0.4 is 10.1 Å². The number of aromatic hydroxyl groups is 1. The normalized spacial score (nSPS) is 37.5. The van der Waals surface area contributed by atoms with E-state index >= 15 is 0 Å². The van der Waals surface area contributed by atoms with Gasteiger partial charge in [-0.3, -0.25) is 9.59 Å². The second kappa shape index (κ2) is 6.39. The van der Waals surface area contributed by atoms with Crippen LogP contribution in [0.3, 0.4) is 0 Å². The van der Waals surface area contributed by atoms with Crippen molar-refractivity contribution in [2.45, 2.75) is 85.0 Å². The molecule has 0 bridgehead atoms. The van der Waals surface area contributed by atoms with Gasteiger partial charge < -0.3 is 19.9 Å². The summed E-state index contributed by atoms with van der Waals surface area (Å²) in [6.07, 6.45) is 4.21. The molecule has 1 spiro atoms. The summed E-state index contributed by atoms with van der Waals surface area (Å²) in [5.74, 6) is 1.09. The van der Waals surface area contributed by atoms with Crippen molar-refractivity contribution < 1.29 is 24.2 Å². The highest BCUT2D eigenvalue weighted by Gasteiger charge is 2.68. The van der Waals surface area contributed by atoms with Gasteiger partial charge in [0, 0.05) is 41.3 Å². The van der Waals surface area contributed by atoms with E-state index in [9.17, 15) is 14.7 Å². The van der Waals surface area contributed by atoms with Gasteiger partial charge in [0.05, 0.1) is 5.56 Å². The summed E-state index contributed by atoms with van der Waals surface area (Å²) >= 11 is 0. The fourth-order valence-electron chi connectivity index (χ4n) is 7.35. The standard InChI is InChI=1S/C25H33NO5/c1-13-6-7-19-23(3,4)20(30-14(2)27)8-9-25(19)24(13,5)11-16-18(28)10-15-17(21(16)31-25)12-26-22(15)29/h10,13,19-20,28H,6-9,11-12H2,1-5H3,(H,26,29)/t13-,19?,20-,24+,25?/m0/s1. The molecule has 5 rings (SSSR count). The van der Waals surface area contributed by atoms with Gasteiger partial charge >= 0.3 is 5.97 Å². The zero-order valence-corrected chi connectivity index (χ0v) is 19.1. The molecule has 0 radical (unpaired) electrons. The Morgan fingerprint density at radius 2 is 1.97 bits per heavy atom. The van der Waals surface area contributed by atoms with E-state index in [4.69, 9.17) is 9.47 Å². The first-order chi connectivity index (χ1) is 14.5. The summed E-state index contributed by atoms with van der Waals surface area (Å²) in [7, 11) is 0. The number of ether oxygens (including phenoxy) is 2. The fourth-order valence-corrected chi connectivity index (χ4v) is 7.35. The Bertz CT molecular complexity index is 985. The molecule has 2 aliphatic carbocycles. The SMILES string of the molecule is CC(=O)O[C@H]1CCC23Oc4c(c(O)cc5c4CNC5=O)C[C@]2(C)[C@@H](C)CCC3C1(C)C. The molecule has 5 atom stereocenters. The lowest BCUT2D eigenvalue weighted by molar-refractivity contribution is -0.238. The number of hydrogen-bond acceptors (Lipinski definition) is 5. The summed E-state index contributed by atoms with van der Waals surface area (Å²) in [6.45, 7) is 10.9. The highest BCUT2D eigenvalue weighted by molar-refractivity contribution is 6.00. The highest BCUT2D eigenvalue weighted by atomic mass is 16.5. The highest BCUT2D eigenvalue weighted by Crippen LogP contribution is 2.67. The lowest BCUT2D eigenvalue weighted by Crippen LogP contribution is -2.70. The Labute approximate surface area is 183 Å².